The van der Waals surface area contributed by atoms with Crippen molar-refractivity contribution >= 4 is 54.5 Å². The highest BCUT2D eigenvalue weighted by Crippen LogP contribution is 2.46. The average molecular weight is 1370 g/mol. The van der Waals surface area contributed by atoms with E-state index in [1.165, 1.54) is 56.4 Å². The third kappa shape index (κ3) is 12.4. The lowest BCUT2D eigenvalue weighted by Crippen LogP contribution is -2.57. The zero-order valence-corrected chi connectivity index (χ0v) is 53.5. The number of rotatable bonds is 12. The van der Waals surface area contributed by atoms with E-state index >= 15 is 17.6 Å². The molecule has 11 aromatic rings. The van der Waals surface area contributed by atoms with Crippen molar-refractivity contribution in [2.45, 2.75) is 119 Å². The summed E-state index contributed by atoms with van der Waals surface area (Å²) in [6.45, 7) is 4.76. The van der Waals surface area contributed by atoms with E-state index in [9.17, 15) is 30.6 Å². The Bertz CT molecular complexity index is 4590. The number of hydrogen-bond acceptors (Lipinski definition) is 24. The van der Waals surface area contributed by atoms with Gasteiger partial charge in [-0.25, -0.2) is 56.2 Å². The number of hydrogen-bond donors (Lipinski definition) is 6. The lowest BCUT2D eigenvalue weighted by atomic mass is 9.91. The lowest BCUT2D eigenvalue weighted by Gasteiger charge is -2.47. The van der Waals surface area contributed by atoms with Crippen LogP contribution in [0.2, 0.25) is 0 Å². The summed E-state index contributed by atoms with van der Waals surface area (Å²) in [7, 11) is 0. The molecule has 1 unspecified atom stereocenters. The smallest absolute Gasteiger partial charge is 0.184 e. The van der Waals surface area contributed by atoms with Crippen molar-refractivity contribution in [2.24, 2.45) is 0 Å². The molecule has 0 bridgehead atoms. The van der Waals surface area contributed by atoms with Crippen LogP contribution >= 0.6 is 22.7 Å². The SMILES string of the molecule is Cc1nc2ccc(-n3ncnc3[C@@H]3O[C@@H]4COC(c5ccccc5)O[C@@H]4[C@H](n4cc(-c5cc(F)c(N6CCC(O)CC6)c(F)c5)nn4)[C@H]3O)cc2s1.Cc1nc2ccc(-n3ncnc3[C@@H]3O[C@H](CO)[C@H](O)[C@H](n4cc(-c5cc(F)c(N6CCC(O)CC6)c(F)c5)nn4)[C@H]3O)cc2s1. The van der Waals surface area contributed by atoms with Gasteiger partial charge in [-0.2, -0.15) is 10.2 Å². The summed E-state index contributed by atoms with van der Waals surface area (Å²) in [6.07, 6.45) is -3.27. The third-order valence-electron chi connectivity index (χ3n) is 18.3. The van der Waals surface area contributed by atoms with E-state index in [4.69, 9.17) is 18.9 Å². The molecule has 6 aromatic heterocycles. The Morgan fingerprint density at radius 3 is 1.53 bits per heavy atom. The van der Waals surface area contributed by atoms with E-state index < -0.39 is 109 Å². The van der Waals surface area contributed by atoms with Gasteiger partial charge in [-0.05, 0) is 100 Å². The quantitative estimate of drug-likeness (QED) is 0.0676. The van der Waals surface area contributed by atoms with E-state index in [1.807, 2.05) is 80.6 Å². The summed E-state index contributed by atoms with van der Waals surface area (Å²) >= 11 is 3.08. The molecule has 26 nitrogen and oxygen atoms in total. The van der Waals surface area contributed by atoms with E-state index in [-0.39, 0.29) is 46.3 Å². The molecule has 5 saturated heterocycles. The Balaban J connectivity index is 0.000000161. The third-order valence-corrected chi connectivity index (χ3v) is 20.1. The largest absolute Gasteiger partial charge is 0.394 e. The van der Waals surface area contributed by atoms with Crippen LogP contribution in [0.25, 0.3) is 54.3 Å². The number of aliphatic hydroxyl groups excluding tert-OH is 6. The number of aryl methyl sites for hydroxylation is 2. The first-order valence-corrected chi connectivity index (χ1v) is 33.2. The minimum atomic E-state index is -1.44. The monoisotopic (exact) mass is 1370 g/mol. The van der Waals surface area contributed by atoms with Crippen LogP contribution in [0.3, 0.4) is 0 Å². The molecule has 5 fully saturated rings. The molecule has 97 heavy (non-hydrogen) atoms. The first kappa shape index (κ1) is 64.4. The Labute approximate surface area is 557 Å². The Morgan fingerprint density at radius 2 is 1.03 bits per heavy atom. The van der Waals surface area contributed by atoms with Gasteiger partial charge in [0, 0.05) is 42.9 Å². The number of anilines is 2. The van der Waals surface area contributed by atoms with Gasteiger partial charge in [0.15, 0.2) is 17.9 Å². The van der Waals surface area contributed by atoms with Gasteiger partial charge in [-0.3, -0.25) is 0 Å². The molecule has 32 heteroatoms. The second-order valence-electron chi connectivity index (χ2n) is 24.5. The zero-order chi connectivity index (χ0) is 66.9. The van der Waals surface area contributed by atoms with E-state index in [0.29, 0.717) is 63.4 Å². The topological polar surface area (TPSA) is 313 Å². The van der Waals surface area contributed by atoms with Gasteiger partial charge < -0.3 is 59.4 Å². The predicted octanol–water partition coefficient (Wildman–Crippen LogP) is 6.92. The number of fused-ring (bicyclic) bond motifs is 3. The normalized spacial score (nSPS) is 25.0. The van der Waals surface area contributed by atoms with Crippen LogP contribution in [0.1, 0.15) is 83.5 Å². The fourth-order valence-electron chi connectivity index (χ4n) is 13.5. The number of ether oxygens (including phenoxy) is 4. The summed E-state index contributed by atoms with van der Waals surface area (Å²) in [5, 5.41) is 92.0. The molecule has 5 aliphatic heterocycles. The minimum Gasteiger partial charge on any atom is -0.394 e. The fraction of sp³-hybridized carbons (Fsp3) is 0.385. The maximum absolute atomic E-state index is 15.5. The summed E-state index contributed by atoms with van der Waals surface area (Å²) in [5.41, 5.74) is 4.15. The highest BCUT2D eigenvalue weighted by Gasteiger charge is 2.53. The van der Waals surface area contributed by atoms with E-state index in [2.05, 4.69) is 50.8 Å². The van der Waals surface area contributed by atoms with E-state index in [1.54, 1.807) is 32.0 Å². The van der Waals surface area contributed by atoms with Crippen molar-refractivity contribution in [3.05, 3.63) is 167 Å². The van der Waals surface area contributed by atoms with Crippen LogP contribution in [-0.4, -0.2) is 188 Å². The molecule has 0 saturated carbocycles. The highest BCUT2D eigenvalue weighted by molar-refractivity contribution is 7.18. The van der Waals surface area contributed by atoms with E-state index in [0.717, 1.165) is 53.8 Å². The number of piperidine rings is 2. The molecule has 5 aromatic carbocycles. The van der Waals surface area contributed by atoms with Crippen molar-refractivity contribution < 1.29 is 67.1 Å². The lowest BCUT2D eigenvalue weighted by molar-refractivity contribution is -0.319. The van der Waals surface area contributed by atoms with Gasteiger partial charge >= 0.3 is 0 Å². The Kier molecular flexibility index (Phi) is 17.7. The number of nitrogens with zero attached hydrogens (tertiary/aromatic N) is 16. The number of thiazole rings is 2. The molecule has 0 radical (unpaired) electrons. The van der Waals surface area contributed by atoms with Crippen LogP contribution in [0.4, 0.5) is 28.9 Å². The van der Waals surface area contributed by atoms with Crippen molar-refractivity contribution in [1.29, 1.82) is 0 Å². The van der Waals surface area contributed by atoms with Crippen molar-refractivity contribution in [2.75, 3.05) is 49.2 Å². The first-order chi connectivity index (χ1) is 47.0. The maximum atomic E-state index is 15.5. The van der Waals surface area contributed by atoms with Gasteiger partial charge in [0.1, 0.15) is 120 Å². The molecule has 0 spiro atoms. The first-order valence-electron chi connectivity index (χ1n) is 31.5. The molecule has 6 N–H and O–H groups in total. The van der Waals surface area contributed by atoms with Crippen LogP contribution in [0, 0.1) is 37.1 Å². The molecule has 11 heterocycles. The predicted molar refractivity (Wildman–Crippen MR) is 343 cm³/mol. The standard InChI is InChI=1S/C36H34F2N8O5S.C29H30F2N8O5S/c1-19-41-26-8-7-22(15-29(26)52-19)46-35(39-18-40-46)34-32(48)31(33-28(50-34)17-49-36(51-33)20-5-3-2-4-6-20)45-16-27(42-43-45)21-13-24(37)30(25(38)14-21)44-11-9-23(47)10-12-44;1-14-34-20-3-2-16(10-23(20)45-14)39-29(32-13-33-39)28-27(43)25(26(42)22(12-40)44-28)38-11-21(35-36-38)15-8-18(30)24(19(31)9-15)37-6-4-17(41)5-7-37/h2-8,13-16,18,23,28,31-34,36,47-48H,9-12,17H2,1H3;2-3,8-11,13,17,22,25-28,40-43H,4-7,12H2,1H3/t28-,31-,32-,33+,34-,36?;22-,25+,26+,27-,28-/m11/s1. The van der Waals surface area contributed by atoms with Gasteiger partial charge in [0.2, 0.25) is 0 Å². The number of aliphatic hydroxyl groups is 6. The van der Waals surface area contributed by atoms with Crippen LogP contribution in [-0.2, 0) is 18.9 Å². The highest BCUT2D eigenvalue weighted by atomic mass is 32.1. The number of halogens is 4. The fourth-order valence-corrected chi connectivity index (χ4v) is 15.2. The van der Waals surface area contributed by atoms with Crippen molar-refractivity contribution in [3.63, 3.8) is 0 Å². The van der Waals surface area contributed by atoms with Gasteiger partial charge in [-0.15, -0.1) is 32.9 Å². The molecule has 0 amide bonds. The van der Waals surface area contributed by atoms with Gasteiger partial charge in [0.25, 0.3) is 0 Å². The zero-order valence-electron chi connectivity index (χ0n) is 51.8. The number of aromatic nitrogens is 14. The molecule has 16 rings (SSSR count). The van der Waals surface area contributed by atoms with Gasteiger partial charge in [0.05, 0.1) is 79.6 Å². The molecule has 5 aliphatic rings. The minimum absolute atomic E-state index is 0.104. The van der Waals surface area contributed by atoms with Crippen molar-refractivity contribution in [1.82, 2.24) is 69.5 Å². The maximum Gasteiger partial charge on any atom is 0.184 e. The summed E-state index contributed by atoms with van der Waals surface area (Å²) in [4.78, 5) is 21.1. The Hall–Kier alpha value is -8.64. The molecule has 0 aliphatic carbocycles. The van der Waals surface area contributed by atoms with Gasteiger partial charge in [-0.1, -0.05) is 40.8 Å². The average Bonchev–Trinajstić information content (AvgIpc) is 1.68. The van der Waals surface area contributed by atoms with Crippen LogP contribution in [0.15, 0.2) is 116 Å². The second kappa shape index (κ2) is 26.6. The molecule has 504 valence electrons. The van der Waals surface area contributed by atoms with Crippen molar-refractivity contribution in [3.8, 4) is 33.9 Å². The van der Waals surface area contributed by atoms with Crippen LogP contribution < -0.4 is 9.80 Å². The summed E-state index contributed by atoms with van der Waals surface area (Å²) in [5.74, 6) is -2.47. The second-order valence-corrected chi connectivity index (χ2v) is 27.0. The Morgan fingerprint density at radius 1 is 0.557 bits per heavy atom. The molecule has 11 atom stereocenters. The van der Waals surface area contributed by atoms with Crippen LogP contribution in [0.5, 0.6) is 0 Å². The summed E-state index contributed by atoms with van der Waals surface area (Å²) in [6, 6.07) is 23.5. The summed E-state index contributed by atoms with van der Waals surface area (Å²) < 4.78 is 94.2. The molecular formula is C65H64F4N16O10S2. The molecular weight excluding hydrogens is 1300 g/mol. The number of benzene rings is 5.